The molecule has 0 saturated carbocycles. The minimum absolute atomic E-state index is 0.157. The fourth-order valence-electron chi connectivity index (χ4n) is 4.45. The number of rotatable bonds is 4. The number of morpholine rings is 1. The summed E-state index contributed by atoms with van der Waals surface area (Å²) in [5, 5.41) is 3.06. The van der Waals surface area contributed by atoms with Gasteiger partial charge in [-0.05, 0) is 30.7 Å². The lowest BCUT2D eigenvalue weighted by Gasteiger charge is -2.28. The third-order valence-corrected chi connectivity index (χ3v) is 6.33. The van der Waals surface area contributed by atoms with Gasteiger partial charge in [0.1, 0.15) is 17.3 Å². The van der Waals surface area contributed by atoms with Crippen LogP contribution in [0.4, 0.5) is 49.6 Å². The van der Waals surface area contributed by atoms with Crippen LogP contribution >= 0.6 is 0 Å². The van der Waals surface area contributed by atoms with E-state index in [-0.39, 0.29) is 24.6 Å². The van der Waals surface area contributed by atoms with Crippen LogP contribution in [-0.2, 0) is 29.9 Å². The van der Waals surface area contributed by atoms with E-state index in [1.54, 1.807) is 4.90 Å². The summed E-state index contributed by atoms with van der Waals surface area (Å²) < 4.78 is 85.2. The zero-order valence-electron chi connectivity index (χ0n) is 20.0. The second-order valence-corrected chi connectivity index (χ2v) is 8.81. The molecule has 0 amide bonds. The van der Waals surface area contributed by atoms with E-state index < -0.39 is 23.6 Å². The van der Waals surface area contributed by atoms with Crippen molar-refractivity contribution in [1.82, 2.24) is 19.9 Å². The largest absolute Gasteiger partial charge is 0.433 e. The fourth-order valence-corrected chi connectivity index (χ4v) is 4.45. The molecule has 2 aliphatic heterocycles. The molecule has 38 heavy (non-hydrogen) atoms. The maximum Gasteiger partial charge on any atom is 0.433 e. The summed E-state index contributed by atoms with van der Waals surface area (Å²) >= 11 is 0. The van der Waals surface area contributed by atoms with Crippen molar-refractivity contribution in [3.8, 4) is 0 Å². The zero-order chi connectivity index (χ0) is 26.9. The molecule has 0 aliphatic carbocycles. The summed E-state index contributed by atoms with van der Waals surface area (Å²) in [4.78, 5) is 20.4. The third-order valence-electron chi connectivity index (χ3n) is 6.33. The average Bonchev–Trinajstić information content (AvgIpc) is 3.11. The van der Waals surface area contributed by atoms with E-state index in [1.807, 2.05) is 4.90 Å². The summed E-state index contributed by atoms with van der Waals surface area (Å²) in [6, 6.07) is 4.37. The summed E-state index contributed by atoms with van der Waals surface area (Å²) in [7, 11) is 0. The Morgan fingerprint density at radius 1 is 0.816 bits per heavy atom. The Bertz CT molecular complexity index is 1280. The van der Waals surface area contributed by atoms with Crippen molar-refractivity contribution in [2.24, 2.45) is 0 Å². The number of halogens is 6. The number of fused-ring (bicyclic) bond motifs is 1. The number of hydrogen-bond acceptors (Lipinski definition) is 8. The van der Waals surface area contributed by atoms with Gasteiger partial charge in [-0.2, -0.15) is 31.3 Å². The van der Waals surface area contributed by atoms with Gasteiger partial charge in [-0.1, -0.05) is 0 Å². The minimum atomic E-state index is -4.57. The maximum atomic E-state index is 13.6. The molecule has 3 aromatic heterocycles. The van der Waals surface area contributed by atoms with E-state index >= 15 is 0 Å². The second-order valence-electron chi connectivity index (χ2n) is 8.81. The Hall–Kier alpha value is -3.68. The Balaban J connectivity index is 1.48. The highest BCUT2D eigenvalue weighted by atomic mass is 19.4. The Labute approximate surface area is 213 Å². The summed E-state index contributed by atoms with van der Waals surface area (Å²) in [5.41, 5.74) is -0.230. The zero-order valence-corrected chi connectivity index (χ0v) is 20.0. The van der Waals surface area contributed by atoms with Gasteiger partial charge in [0, 0.05) is 44.4 Å². The van der Waals surface area contributed by atoms with Crippen LogP contribution in [-0.4, -0.2) is 59.3 Å². The Kier molecular flexibility index (Phi) is 6.99. The first kappa shape index (κ1) is 25.9. The first-order valence-electron chi connectivity index (χ1n) is 11.9. The van der Waals surface area contributed by atoms with E-state index in [9.17, 15) is 26.3 Å². The first-order chi connectivity index (χ1) is 18.1. The molecule has 1 N–H and O–H groups in total. The molecule has 2 aliphatic rings. The van der Waals surface area contributed by atoms with E-state index in [0.29, 0.717) is 62.2 Å². The van der Waals surface area contributed by atoms with E-state index in [4.69, 9.17) is 9.72 Å². The molecule has 0 bridgehead atoms. The van der Waals surface area contributed by atoms with Crippen molar-refractivity contribution in [2.45, 2.75) is 25.2 Å². The second kappa shape index (κ2) is 10.2. The molecule has 202 valence electrons. The van der Waals surface area contributed by atoms with Crippen LogP contribution in [0.25, 0.3) is 0 Å². The van der Waals surface area contributed by atoms with Gasteiger partial charge in [0.25, 0.3) is 0 Å². The van der Waals surface area contributed by atoms with Gasteiger partial charge < -0.3 is 19.9 Å². The van der Waals surface area contributed by atoms with Crippen molar-refractivity contribution in [3.63, 3.8) is 0 Å². The van der Waals surface area contributed by atoms with Crippen molar-refractivity contribution in [2.75, 3.05) is 54.5 Å². The third kappa shape index (κ3) is 5.59. The van der Waals surface area contributed by atoms with Crippen molar-refractivity contribution in [1.29, 1.82) is 0 Å². The lowest BCUT2D eigenvalue weighted by atomic mass is 10.1. The molecular formula is C24H23F6N7O. The summed E-state index contributed by atoms with van der Waals surface area (Å²) in [6.45, 7) is 2.53. The Morgan fingerprint density at radius 3 is 2.26 bits per heavy atom. The number of alkyl halides is 6. The average molecular weight is 539 g/mol. The normalized spacial score (nSPS) is 16.7. The number of pyridine rings is 2. The van der Waals surface area contributed by atoms with Crippen LogP contribution in [0.2, 0.25) is 0 Å². The summed E-state index contributed by atoms with van der Waals surface area (Å²) in [6.07, 6.45) is -6.12. The smallest absolute Gasteiger partial charge is 0.378 e. The van der Waals surface area contributed by atoms with Gasteiger partial charge >= 0.3 is 12.4 Å². The highest BCUT2D eigenvalue weighted by Gasteiger charge is 2.36. The van der Waals surface area contributed by atoms with Gasteiger partial charge in [0.15, 0.2) is 0 Å². The SMILES string of the molecule is FC(F)(F)c1ccc(Nc2nc(N3CCOCC3)nc3c2CCN(c2ncccc2C(F)(F)F)CC3)cn1. The van der Waals surface area contributed by atoms with Gasteiger partial charge in [-0.15, -0.1) is 0 Å². The highest BCUT2D eigenvalue weighted by Crippen LogP contribution is 2.36. The summed E-state index contributed by atoms with van der Waals surface area (Å²) in [5.74, 6) is 0.629. The molecule has 1 fully saturated rings. The Morgan fingerprint density at radius 2 is 1.58 bits per heavy atom. The van der Waals surface area contributed by atoms with Gasteiger partial charge in [-0.25, -0.2) is 15.0 Å². The molecule has 0 radical (unpaired) electrons. The number of anilines is 4. The molecule has 8 nitrogen and oxygen atoms in total. The van der Waals surface area contributed by atoms with Crippen LogP contribution in [0.3, 0.4) is 0 Å². The molecule has 14 heteroatoms. The molecule has 3 aromatic rings. The van der Waals surface area contributed by atoms with Gasteiger partial charge in [0.05, 0.1) is 36.4 Å². The molecule has 0 unspecified atom stereocenters. The van der Waals surface area contributed by atoms with Gasteiger partial charge in [-0.3, -0.25) is 0 Å². The van der Waals surface area contributed by atoms with E-state index in [0.717, 1.165) is 18.3 Å². The number of nitrogens with one attached hydrogen (secondary N) is 1. The lowest BCUT2D eigenvalue weighted by molar-refractivity contribution is -0.141. The molecule has 0 atom stereocenters. The molecule has 5 rings (SSSR count). The first-order valence-corrected chi connectivity index (χ1v) is 11.9. The molecule has 0 aromatic carbocycles. The molecule has 0 spiro atoms. The van der Waals surface area contributed by atoms with Crippen molar-refractivity contribution >= 4 is 23.3 Å². The maximum absolute atomic E-state index is 13.6. The van der Waals surface area contributed by atoms with Crippen LogP contribution in [0.5, 0.6) is 0 Å². The number of aromatic nitrogens is 4. The van der Waals surface area contributed by atoms with Crippen LogP contribution in [0.15, 0.2) is 36.7 Å². The van der Waals surface area contributed by atoms with Crippen molar-refractivity contribution in [3.05, 3.63) is 59.2 Å². The van der Waals surface area contributed by atoms with Gasteiger partial charge in [0.2, 0.25) is 5.95 Å². The number of ether oxygens (including phenoxy) is 1. The fraction of sp³-hybridized carbons (Fsp3) is 0.417. The lowest BCUT2D eigenvalue weighted by Crippen LogP contribution is -2.37. The van der Waals surface area contributed by atoms with Crippen LogP contribution in [0.1, 0.15) is 22.5 Å². The molecule has 5 heterocycles. The topological polar surface area (TPSA) is 79.3 Å². The monoisotopic (exact) mass is 539 g/mol. The molecular weight excluding hydrogens is 516 g/mol. The number of nitrogens with zero attached hydrogens (tertiary/aromatic N) is 6. The standard InChI is InChI=1S/C24H23F6N7O/c25-23(26,27)17-2-1-7-31-21(17)36-8-5-16-18(6-9-36)34-22(37-10-12-38-13-11-37)35-20(16)33-15-3-4-19(32-14-15)24(28,29)30/h1-4,7,14H,5-6,8-13H2,(H,33,34,35). The van der Waals surface area contributed by atoms with Crippen LogP contribution in [0, 0.1) is 0 Å². The quantitative estimate of drug-likeness (QED) is 0.486. The highest BCUT2D eigenvalue weighted by molar-refractivity contribution is 5.62. The molecule has 1 saturated heterocycles. The van der Waals surface area contributed by atoms with Crippen LogP contribution < -0.4 is 15.1 Å². The predicted octanol–water partition coefficient (Wildman–Crippen LogP) is 4.49. The van der Waals surface area contributed by atoms with Crippen molar-refractivity contribution < 1.29 is 31.1 Å². The van der Waals surface area contributed by atoms with E-state index in [1.165, 1.54) is 18.3 Å². The number of hydrogen-bond donors (Lipinski definition) is 1. The minimum Gasteiger partial charge on any atom is -0.378 e. The predicted molar refractivity (Wildman–Crippen MR) is 126 cm³/mol. The van der Waals surface area contributed by atoms with E-state index in [2.05, 4.69) is 20.3 Å².